The van der Waals surface area contributed by atoms with Gasteiger partial charge >= 0.3 is 0 Å². The lowest BCUT2D eigenvalue weighted by molar-refractivity contribution is 0.408. The molecule has 23 heavy (non-hydrogen) atoms. The SMILES string of the molecule is COc1ccncc1CNC(=NCc1ccccc1)N(C)C.I. The zero-order valence-electron chi connectivity index (χ0n) is 13.7. The van der Waals surface area contributed by atoms with Gasteiger partial charge in [-0.25, -0.2) is 4.99 Å². The Balaban J connectivity index is 0.00000264. The molecule has 0 amide bonds. The van der Waals surface area contributed by atoms with Gasteiger partial charge in [0.25, 0.3) is 0 Å². The number of hydrogen-bond acceptors (Lipinski definition) is 3. The highest BCUT2D eigenvalue weighted by Gasteiger charge is 2.06. The third-order valence-electron chi connectivity index (χ3n) is 3.19. The van der Waals surface area contributed by atoms with Crippen LogP contribution >= 0.6 is 24.0 Å². The molecule has 2 aromatic rings. The Bertz CT molecular complexity index is 617. The monoisotopic (exact) mass is 426 g/mol. The van der Waals surface area contributed by atoms with Gasteiger partial charge in [0.2, 0.25) is 0 Å². The van der Waals surface area contributed by atoms with Gasteiger partial charge in [-0.05, 0) is 11.6 Å². The molecule has 124 valence electrons. The highest BCUT2D eigenvalue weighted by Crippen LogP contribution is 2.15. The fraction of sp³-hybridized carbons (Fsp3) is 0.294. The second kappa shape index (κ2) is 10.0. The summed E-state index contributed by atoms with van der Waals surface area (Å²) in [5.74, 6) is 1.65. The molecule has 0 aliphatic rings. The second-order valence-electron chi connectivity index (χ2n) is 5.06. The van der Waals surface area contributed by atoms with Crippen LogP contribution in [0, 0.1) is 0 Å². The summed E-state index contributed by atoms with van der Waals surface area (Å²) in [6.45, 7) is 1.26. The molecule has 5 nitrogen and oxygen atoms in total. The summed E-state index contributed by atoms with van der Waals surface area (Å²) in [5, 5.41) is 3.34. The van der Waals surface area contributed by atoms with Crippen LogP contribution in [0.25, 0.3) is 0 Å². The number of pyridine rings is 1. The molecule has 1 aromatic carbocycles. The van der Waals surface area contributed by atoms with E-state index in [0.717, 1.165) is 17.3 Å². The zero-order valence-corrected chi connectivity index (χ0v) is 16.0. The van der Waals surface area contributed by atoms with E-state index in [-0.39, 0.29) is 24.0 Å². The first-order valence-electron chi connectivity index (χ1n) is 7.17. The van der Waals surface area contributed by atoms with Gasteiger partial charge in [-0.2, -0.15) is 0 Å². The van der Waals surface area contributed by atoms with Crippen molar-refractivity contribution < 1.29 is 4.74 Å². The summed E-state index contributed by atoms with van der Waals surface area (Å²) in [4.78, 5) is 10.7. The number of aromatic nitrogens is 1. The Morgan fingerprint density at radius 3 is 2.61 bits per heavy atom. The molecule has 0 bridgehead atoms. The number of hydrogen-bond donors (Lipinski definition) is 1. The molecule has 0 aliphatic heterocycles. The average Bonchev–Trinajstić information content (AvgIpc) is 2.55. The van der Waals surface area contributed by atoms with Crippen molar-refractivity contribution in [2.75, 3.05) is 21.2 Å². The lowest BCUT2D eigenvalue weighted by Gasteiger charge is -2.18. The van der Waals surface area contributed by atoms with Crippen molar-refractivity contribution in [2.45, 2.75) is 13.1 Å². The van der Waals surface area contributed by atoms with Crippen molar-refractivity contribution in [3.63, 3.8) is 0 Å². The first kappa shape index (κ1) is 19.2. The summed E-state index contributed by atoms with van der Waals surface area (Å²) < 4.78 is 5.33. The van der Waals surface area contributed by atoms with E-state index in [1.807, 2.05) is 43.3 Å². The van der Waals surface area contributed by atoms with E-state index in [9.17, 15) is 0 Å². The summed E-state index contributed by atoms with van der Waals surface area (Å²) in [6, 6.07) is 12.0. The Morgan fingerprint density at radius 1 is 1.22 bits per heavy atom. The molecule has 1 aromatic heterocycles. The number of rotatable bonds is 5. The minimum atomic E-state index is 0. The quantitative estimate of drug-likeness (QED) is 0.454. The third kappa shape index (κ3) is 6.05. The van der Waals surface area contributed by atoms with Crippen LogP contribution in [-0.4, -0.2) is 37.0 Å². The topological polar surface area (TPSA) is 49.8 Å². The number of benzene rings is 1. The molecule has 0 aliphatic carbocycles. The van der Waals surface area contributed by atoms with E-state index < -0.39 is 0 Å². The number of nitrogens with zero attached hydrogens (tertiary/aromatic N) is 3. The normalized spacial score (nSPS) is 10.7. The van der Waals surface area contributed by atoms with E-state index in [2.05, 4.69) is 27.4 Å². The van der Waals surface area contributed by atoms with E-state index in [4.69, 9.17) is 4.74 Å². The van der Waals surface area contributed by atoms with E-state index >= 15 is 0 Å². The minimum Gasteiger partial charge on any atom is -0.496 e. The maximum absolute atomic E-state index is 5.33. The standard InChI is InChI=1S/C17H22N4O.HI/c1-21(2)17(19-11-14-7-5-4-6-8-14)20-13-15-12-18-10-9-16(15)22-3;/h4-10,12H,11,13H2,1-3H3,(H,19,20);1H. The van der Waals surface area contributed by atoms with Crippen molar-refractivity contribution in [3.05, 3.63) is 59.9 Å². The van der Waals surface area contributed by atoms with Crippen molar-refractivity contribution in [1.82, 2.24) is 15.2 Å². The Hall–Kier alpha value is -1.83. The highest BCUT2D eigenvalue weighted by molar-refractivity contribution is 14.0. The van der Waals surface area contributed by atoms with Crippen LogP contribution in [0.4, 0.5) is 0 Å². The van der Waals surface area contributed by atoms with Crippen LogP contribution in [0.15, 0.2) is 53.8 Å². The first-order valence-corrected chi connectivity index (χ1v) is 7.17. The lowest BCUT2D eigenvalue weighted by atomic mass is 10.2. The number of ether oxygens (including phenoxy) is 1. The minimum absolute atomic E-state index is 0. The van der Waals surface area contributed by atoms with E-state index in [0.29, 0.717) is 13.1 Å². The predicted octanol–water partition coefficient (Wildman–Crippen LogP) is 2.92. The maximum Gasteiger partial charge on any atom is 0.194 e. The van der Waals surface area contributed by atoms with Gasteiger partial charge in [-0.3, -0.25) is 4.98 Å². The fourth-order valence-corrected chi connectivity index (χ4v) is 2.03. The van der Waals surface area contributed by atoms with Gasteiger partial charge in [0.15, 0.2) is 5.96 Å². The van der Waals surface area contributed by atoms with Gasteiger partial charge in [0, 0.05) is 38.6 Å². The number of nitrogens with one attached hydrogen (secondary N) is 1. The molecule has 0 saturated heterocycles. The molecule has 0 spiro atoms. The maximum atomic E-state index is 5.33. The van der Waals surface area contributed by atoms with Gasteiger partial charge in [0.1, 0.15) is 5.75 Å². The van der Waals surface area contributed by atoms with Crippen LogP contribution in [0.2, 0.25) is 0 Å². The van der Waals surface area contributed by atoms with Crippen LogP contribution in [-0.2, 0) is 13.1 Å². The van der Waals surface area contributed by atoms with Crippen molar-refractivity contribution in [1.29, 1.82) is 0 Å². The van der Waals surface area contributed by atoms with Crippen molar-refractivity contribution in [3.8, 4) is 5.75 Å². The Kier molecular flexibility index (Phi) is 8.39. The van der Waals surface area contributed by atoms with Gasteiger partial charge in [0.05, 0.1) is 13.7 Å². The smallest absolute Gasteiger partial charge is 0.194 e. The fourth-order valence-electron chi connectivity index (χ4n) is 2.03. The molecule has 0 atom stereocenters. The molecule has 0 radical (unpaired) electrons. The highest BCUT2D eigenvalue weighted by atomic mass is 127. The molecule has 0 unspecified atom stereocenters. The van der Waals surface area contributed by atoms with E-state index in [1.54, 1.807) is 19.5 Å². The van der Waals surface area contributed by atoms with Crippen LogP contribution in [0.3, 0.4) is 0 Å². The summed E-state index contributed by atoms with van der Waals surface area (Å²) in [5.41, 5.74) is 2.18. The molecular weight excluding hydrogens is 403 g/mol. The van der Waals surface area contributed by atoms with E-state index in [1.165, 1.54) is 5.56 Å². The van der Waals surface area contributed by atoms with Crippen molar-refractivity contribution in [2.24, 2.45) is 4.99 Å². The third-order valence-corrected chi connectivity index (χ3v) is 3.19. The Labute approximate surface area is 154 Å². The molecule has 6 heteroatoms. The molecule has 1 N–H and O–H groups in total. The van der Waals surface area contributed by atoms with Crippen LogP contribution < -0.4 is 10.1 Å². The number of aliphatic imine (C=N–C) groups is 1. The number of methoxy groups -OCH3 is 1. The molecular formula is C17H23IN4O. The number of guanidine groups is 1. The summed E-state index contributed by atoms with van der Waals surface area (Å²) >= 11 is 0. The predicted molar refractivity (Wildman–Crippen MR) is 104 cm³/mol. The Morgan fingerprint density at radius 2 is 1.96 bits per heavy atom. The summed E-state index contributed by atoms with van der Waals surface area (Å²) in [7, 11) is 5.60. The molecule has 0 saturated carbocycles. The molecule has 2 rings (SSSR count). The van der Waals surface area contributed by atoms with Gasteiger partial charge in [-0.1, -0.05) is 30.3 Å². The summed E-state index contributed by atoms with van der Waals surface area (Å²) in [6.07, 6.45) is 3.52. The van der Waals surface area contributed by atoms with Crippen LogP contribution in [0.5, 0.6) is 5.75 Å². The lowest BCUT2D eigenvalue weighted by Crippen LogP contribution is -2.36. The largest absolute Gasteiger partial charge is 0.496 e. The first-order chi connectivity index (χ1) is 10.7. The second-order valence-corrected chi connectivity index (χ2v) is 5.06. The average molecular weight is 426 g/mol. The van der Waals surface area contributed by atoms with Crippen molar-refractivity contribution >= 4 is 29.9 Å². The zero-order chi connectivity index (χ0) is 15.8. The van der Waals surface area contributed by atoms with Gasteiger partial charge < -0.3 is 15.0 Å². The molecule has 1 heterocycles. The van der Waals surface area contributed by atoms with Crippen LogP contribution in [0.1, 0.15) is 11.1 Å². The van der Waals surface area contributed by atoms with Gasteiger partial charge in [-0.15, -0.1) is 24.0 Å². The number of halogens is 1. The molecule has 0 fully saturated rings.